The van der Waals surface area contributed by atoms with Crippen molar-refractivity contribution < 1.29 is 4.79 Å². The summed E-state index contributed by atoms with van der Waals surface area (Å²) < 4.78 is 2.05. The van der Waals surface area contributed by atoms with Crippen LogP contribution in [0.1, 0.15) is 31.2 Å². The van der Waals surface area contributed by atoms with Gasteiger partial charge in [0.15, 0.2) is 0 Å². The molecule has 1 amide bonds. The fraction of sp³-hybridized carbons (Fsp3) is 0.500. The number of carbonyl (C=O) groups is 1. The first-order valence-electron chi connectivity index (χ1n) is 9.30. The molecule has 132 valence electrons. The first-order chi connectivity index (χ1) is 12.3. The van der Waals surface area contributed by atoms with Gasteiger partial charge in [0.05, 0.1) is 11.7 Å². The zero-order chi connectivity index (χ0) is 17.1. The van der Waals surface area contributed by atoms with Gasteiger partial charge in [0.2, 0.25) is 5.91 Å². The number of benzene rings is 1. The Morgan fingerprint density at radius 2 is 2.20 bits per heavy atom. The SMILES string of the molecule is O=C(NCCCn1ccnc1)[C@]1(Cc2ccccc2)CC2CCC1N2. The summed E-state index contributed by atoms with van der Waals surface area (Å²) in [5.74, 6) is 0.224. The largest absolute Gasteiger partial charge is 0.355 e. The van der Waals surface area contributed by atoms with Crippen molar-refractivity contribution in [1.29, 1.82) is 0 Å². The molecule has 4 rings (SSSR count). The molecule has 5 nitrogen and oxygen atoms in total. The maximum Gasteiger partial charge on any atom is 0.228 e. The Kier molecular flexibility index (Phi) is 4.57. The highest BCUT2D eigenvalue weighted by atomic mass is 16.2. The van der Waals surface area contributed by atoms with Crippen molar-refractivity contribution in [3.05, 3.63) is 54.6 Å². The summed E-state index contributed by atoms with van der Waals surface area (Å²) >= 11 is 0. The van der Waals surface area contributed by atoms with E-state index in [9.17, 15) is 4.79 Å². The Morgan fingerprint density at radius 3 is 2.88 bits per heavy atom. The predicted molar refractivity (Wildman–Crippen MR) is 97.0 cm³/mol. The molecular weight excluding hydrogens is 312 g/mol. The van der Waals surface area contributed by atoms with Gasteiger partial charge in [-0.05, 0) is 37.7 Å². The smallest absolute Gasteiger partial charge is 0.228 e. The Labute approximate surface area is 148 Å². The third kappa shape index (κ3) is 3.33. The molecule has 0 spiro atoms. The van der Waals surface area contributed by atoms with Crippen molar-refractivity contribution >= 4 is 5.91 Å². The lowest BCUT2D eigenvalue weighted by Gasteiger charge is -2.35. The van der Waals surface area contributed by atoms with E-state index in [2.05, 4.69) is 39.9 Å². The fourth-order valence-corrected chi connectivity index (χ4v) is 4.54. The van der Waals surface area contributed by atoms with Gasteiger partial charge in [0, 0.05) is 37.6 Å². The Bertz CT molecular complexity index is 700. The van der Waals surface area contributed by atoms with Gasteiger partial charge in [0.1, 0.15) is 0 Å². The van der Waals surface area contributed by atoms with Gasteiger partial charge in [-0.15, -0.1) is 0 Å². The highest BCUT2D eigenvalue weighted by Gasteiger charge is 2.55. The lowest BCUT2D eigenvalue weighted by Crippen LogP contribution is -2.50. The Balaban J connectivity index is 1.40. The van der Waals surface area contributed by atoms with Crippen LogP contribution in [0.25, 0.3) is 0 Å². The van der Waals surface area contributed by atoms with Gasteiger partial charge in [-0.1, -0.05) is 30.3 Å². The quantitative estimate of drug-likeness (QED) is 0.761. The number of nitrogens with zero attached hydrogens (tertiary/aromatic N) is 2. The molecule has 2 aliphatic heterocycles. The van der Waals surface area contributed by atoms with Gasteiger partial charge in [-0.3, -0.25) is 4.79 Å². The van der Waals surface area contributed by atoms with Gasteiger partial charge < -0.3 is 15.2 Å². The second-order valence-electron chi connectivity index (χ2n) is 7.43. The molecule has 25 heavy (non-hydrogen) atoms. The molecular formula is C20H26N4O. The molecule has 3 heterocycles. The summed E-state index contributed by atoms with van der Waals surface area (Å²) in [5.41, 5.74) is 0.963. The third-order valence-corrected chi connectivity index (χ3v) is 5.77. The lowest BCUT2D eigenvalue weighted by atomic mass is 9.69. The van der Waals surface area contributed by atoms with Crippen LogP contribution < -0.4 is 10.6 Å². The molecule has 2 saturated heterocycles. The summed E-state index contributed by atoms with van der Waals surface area (Å²) in [6.07, 6.45) is 10.6. The molecule has 3 atom stereocenters. The molecule has 2 aliphatic rings. The van der Waals surface area contributed by atoms with Crippen molar-refractivity contribution in [3.8, 4) is 0 Å². The molecule has 2 aromatic rings. The van der Waals surface area contributed by atoms with Crippen LogP contribution in [0.4, 0.5) is 0 Å². The monoisotopic (exact) mass is 338 g/mol. The topological polar surface area (TPSA) is 59.0 Å². The van der Waals surface area contributed by atoms with Crippen molar-refractivity contribution in [2.75, 3.05) is 6.54 Å². The number of rotatable bonds is 7. The fourth-order valence-electron chi connectivity index (χ4n) is 4.54. The zero-order valence-electron chi connectivity index (χ0n) is 14.5. The highest BCUT2D eigenvalue weighted by molar-refractivity contribution is 5.84. The number of aromatic nitrogens is 2. The number of hydrogen-bond donors (Lipinski definition) is 2. The number of fused-ring (bicyclic) bond motifs is 2. The van der Waals surface area contributed by atoms with Crippen LogP contribution in [-0.4, -0.2) is 34.1 Å². The number of imidazole rings is 1. The second-order valence-corrected chi connectivity index (χ2v) is 7.43. The third-order valence-electron chi connectivity index (χ3n) is 5.77. The van der Waals surface area contributed by atoms with E-state index in [-0.39, 0.29) is 11.3 Å². The molecule has 2 N–H and O–H groups in total. The average molecular weight is 338 g/mol. The van der Waals surface area contributed by atoms with E-state index in [1.54, 1.807) is 6.20 Å². The summed E-state index contributed by atoms with van der Waals surface area (Å²) in [6.45, 7) is 1.60. The summed E-state index contributed by atoms with van der Waals surface area (Å²) in [7, 11) is 0. The van der Waals surface area contributed by atoms with Crippen molar-refractivity contribution in [1.82, 2.24) is 20.2 Å². The van der Waals surface area contributed by atoms with Gasteiger partial charge >= 0.3 is 0 Å². The van der Waals surface area contributed by atoms with E-state index >= 15 is 0 Å². The lowest BCUT2D eigenvalue weighted by molar-refractivity contribution is -0.132. The van der Waals surface area contributed by atoms with Crippen LogP contribution in [0.5, 0.6) is 0 Å². The number of hydrogen-bond acceptors (Lipinski definition) is 3. The maximum atomic E-state index is 13.2. The molecule has 0 saturated carbocycles. The number of nitrogens with one attached hydrogen (secondary N) is 2. The molecule has 5 heteroatoms. The highest BCUT2D eigenvalue weighted by Crippen LogP contribution is 2.45. The van der Waals surface area contributed by atoms with Crippen molar-refractivity contribution in [3.63, 3.8) is 0 Å². The minimum absolute atomic E-state index is 0.224. The minimum atomic E-state index is -0.292. The predicted octanol–water partition coefficient (Wildman–Crippen LogP) is 2.14. The molecule has 1 aromatic heterocycles. The molecule has 2 bridgehead atoms. The van der Waals surface area contributed by atoms with E-state index in [0.717, 1.165) is 32.2 Å². The first kappa shape index (κ1) is 16.3. The Hall–Kier alpha value is -2.14. The number of amides is 1. The summed E-state index contributed by atoms with van der Waals surface area (Å²) in [5, 5.41) is 6.88. The Morgan fingerprint density at radius 1 is 1.32 bits per heavy atom. The summed E-state index contributed by atoms with van der Waals surface area (Å²) in [6, 6.07) is 11.3. The molecule has 2 fully saturated rings. The maximum absolute atomic E-state index is 13.2. The number of aryl methyl sites for hydroxylation is 1. The van der Waals surface area contributed by atoms with E-state index in [0.29, 0.717) is 18.6 Å². The molecule has 0 aliphatic carbocycles. The van der Waals surface area contributed by atoms with E-state index in [1.165, 1.54) is 12.0 Å². The van der Waals surface area contributed by atoms with Crippen LogP contribution in [-0.2, 0) is 17.8 Å². The van der Waals surface area contributed by atoms with E-state index in [1.807, 2.05) is 23.2 Å². The van der Waals surface area contributed by atoms with Crippen LogP contribution in [0, 0.1) is 5.41 Å². The average Bonchev–Trinajstić information content (AvgIpc) is 3.37. The standard InChI is InChI=1S/C20H26N4O/c25-19(22-9-4-11-24-12-10-21-15-24)20(13-16-5-2-1-3-6-16)14-17-7-8-18(20)23-17/h1-3,5-6,10,12,15,17-18,23H,4,7-9,11,13-14H2,(H,22,25)/t17?,18?,20-/m1/s1. The van der Waals surface area contributed by atoms with Gasteiger partial charge in [-0.25, -0.2) is 4.98 Å². The number of carbonyl (C=O) groups excluding carboxylic acids is 1. The van der Waals surface area contributed by atoms with Crippen molar-refractivity contribution in [2.24, 2.45) is 5.41 Å². The first-order valence-corrected chi connectivity index (χ1v) is 9.30. The second kappa shape index (κ2) is 7.00. The van der Waals surface area contributed by atoms with E-state index < -0.39 is 0 Å². The van der Waals surface area contributed by atoms with E-state index in [4.69, 9.17) is 0 Å². The zero-order valence-corrected chi connectivity index (χ0v) is 14.5. The van der Waals surface area contributed by atoms with Crippen LogP contribution in [0.15, 0.2) is 49.1 Å². The van der Waals surface area contributed by atoms with Gasteiger partial charge in [-0.2, -0.15) is 0 Å². The van der Waals surface area contributed by atoms with Crippen LogP contribution in [0.3, 0.4) is 0 Å². The van der Waals surface area contributed by atoms with Gasteiger partial charge in [0.25, 0.3) is 0 Å². The van der Waals surface area contributed by atoms with Crippen molar-refractivity contribution in [2.45, 2.75) is 50.7 Å². The molecule has 2 unspecified atom stereocenters. The normalized spacial score (nSPS) is 27.5. The molecule has 0 radical (unpaired) electrons. The summed E-state index contributed by atoms with van der Waals surface area (Å²) in [4.78, 5) is 17.2. The van der Waals surface area contributed by atoms with Crippen LogP contribution in [0.2, 0.25) is 0 Å². The van der Waals surface area contributed by atoms with Crippen LogP contribution >= 0.6 is 0 Å². The molecule has 1 aromatic carbocycles. The minimum Gasteiger partial charge on any atom is -0.355 e.